The fourth-order valence-electron chi connectivity index (χ4n) is 4.68. The maximum Gasteiger partial charge on any atom is 0.248 e. The number of amides is 2. The lowest BCUT2D eigenvalue weighted by atomic mass is 9.82. The van der Waals surface area contributed by atoms with Crippen molar-refractivity contribution in [1.82, 2.24) is 9.47 Å². The maximum atomic E-state index is 12.8. The van der Waals surface area contributed by atoms with Gasteiger partial charge < -0.3 is 15.2 Å². The normalized spacial score (nSPS) is 14.7. The molecule has 0 bridgehead atoms. The minimum Gasteiger partial charge on any atom is -0.366 e. The fourth-order valence-corrected chi connectivity index (χ4v) is 4.68. The van der Waals surface area contributed by atoms with E-state index in [0.29, 0.717) is 11.5 Å². The standard InChI is InChI=1S/C25H29N3O2/c1-27(2)22(29)16-28-21-15-19(25(26)30)13-14-20(21)23(17-9-5-3-6-10-17)24(28)18-11-7-4-8-12-18/h4,7-8,11-15,17H,3,5-6,9-10,16H2,1-2H3,(H2,26,30). The Morgan fingerprint density at radius 3 is 2.37 bits per heavy atom. The average molecular weight is 404 g/mol. The Kier molecular flexibility index (Phi) is 5.62. The highest BCUT2D eigenvalue weighted by atomic mass is 16.2. The fraction of sp³-hybridized carbons (Fsp3) is 0.360. The van der Waals surface area contributed by atoms with Gasteiger partial charge in [0.1, 0.15) is 6.54 Å². The largest absolute Gasteiger partial charge is 0.366 e. The Labute approximate surface area is 177 Å². The van der Waals surface area contributed by atoms with Crippen LogP contribution in [0.2, 0.25) is 0 Å². The van der Waals surface area contributed by atoms with E-state index in [4.69, 9.17) is 5.73 Å². The number of primary amides is 1. The molecule has 4 rings (SSSR count). The third-order valence-electron chi connectivity index (χ3n) is 6.24. The highest BCUT2D eigenvalue weighted by molar-refractivity contribution is 6.00. The first-order chi connectivity index (χ1) is 14.5. The van der Waals surface area contributed by atoms with Gasteiger partial charge in [-0.15, -0.1) is 0 Å². The highest BCUT2D eigenvalue weighted by Gasteiger charge is 2.27. The number of hydrogen-bond acceptors (Lipinski definition) is 2. The molecule has 5 nitrogen and oxygen atoms in total. The molecule has 1 fully saturated rings. The lowest BCUT2D eigenvalue weighted by Gasteiger charge is -2.24. The van der Waals surface area contributed by atoms with Crippen molar-refractivity contribution < 1.29 is 9.59 Å². The molecule has 0 unspecified atom stereocenters. The van der Waals surface area contributed by atoms with Crippen molar-refractivity contribution in [3.8, 4) is 11.3 Å². The molecule has 0 aliphatic heterocycles. The monoisotopic (exact) mass is 403 g/mol. The Balaban J connectivity index is 2.03. The summed E-state index contributed by atoms with van der Waals surface area (Å²) in [6, 6.07) is 16.0. The molecule has 1 saturated carbocycles. The zero-order valence-corrected chi connectivity index (χ0v) is 17.7. The molecule has 0 spiro atoms. The summed E-state index contributed by atoms with van der Waals surface area (Å²) in [7, 11) is 3.54. The van der Waals surface area contributed by atoms with Crippen LogP contribution in [0.5, 0.6) is 0 Å². The van der Waals surface area contributed by atoms with E-state index in [-0.39, 0.29) is 12.5 Å². The van der Waals surface area contributed by atoms with Crippen molar-refractivity contribution >= 4 is 22.7 Å². The van der Waals surface area contributed by atoms with Crippen LogP contribution in [0, 0.1) is 0 Å². The van der Waals surface area contributed by atoms with E-state index < -0.39 is 5.91 Å². The molecule has 156 valence electrons. The summed E-state index contributed by atoms with van der Waals surface area (Å²) in [6.45, 7) is 0.225. The summed E-state index contributed by atoms with van der Waals surface area (Å²) < 4.78 is 2.09. The van der Waals surface area contributed by atoms with Gasteiger partial charge in [-0.05, 0) is 42.0 Å². The van der Waals surface area contributed by atoms with Gasteiger partial charge in [-0.1, -0.05) is 55.7 Å². The molecule has 5 heteroatoms. The van der Waals surface area contributed by atoms with Crippen LogP contribution in [-0.4, -0.2) is 35.4 Å². The van der Waals surface area contributed by atoms with Gasteiger partial charge in [-0.25, -0.2) is 0 Å². The van der Waals surface area contributed by atoms with Crippen LogP contribution in [0.25, 0.3) is 22.2 Å². The molecule has 0 radical (unpaired) electrons. The topological polar surface area (TPSA) is 68.3 Å². The smallest absolute Gasteiger partial charge is 0.248 e. The zero-order chi connectivity index (χ0) is 21.3. The predicted octanol–water partition coefficient (Wildman–Crippen LogP) is 4.54. The lowest BCUT2D eigenvalue weighted by molar-refractivity contribution is -0.129. The molecule has 1 heterocycles. The molecule has 2 aromatic carbocycles. The van der Waals surface area contributed by atoms with E-state index in [0.717, 1.165) is 35.0 Å². The first kappa shape index (κ1) is 20.2. The van der Waals surface area contributed by atoms with Gasteiger partial charge >= 0.3 is 0 Å². The third-order valence-corrected chi connectivity index (χ3v) is 6.24. The van der Waals surface area contributed by atoms with Crippen LogP contribution in [-0.2, 0) is 11.3 Å². The quantitative estimate of drug-likeness (QED) is 0.679. The van der Waals surface area contributed by atoms with Gasteiger partial charge in [0.2, 0.25) is 11.8 Å². The molecule has 1 aromatic heterocycles. The average Bonchev–Trinajstić information content (AvgIpc) is 3.08. The molecule has 3 aromatic rings. The Morgan fingerprint density at radius 2 is 1.73 bits per heavy atom. The molecule has 0 atom stereocenters. The van der Waals surface area contributed by atoms with Crippen molar-refractivity contribution in [2.75, 3.05) is 14.1 Å². The van der Waals surface area contributed by atoms with Gasteiger partial charge in [0.15, 0.2) is 0 Å². The number of benzene rings is 2. The summed E-state index contributed by atoms with van der Waals surface area (Å²) >= 11 is 0. The Hall–Kier alpha value is -3.08. The van der Waals surface area contributed by atoms with E-state index in [1.165, 1.54) is 24.8 Å². The number of fused-ring (bicyclic) bond motifs is 1. The van der Waals surface area contributed by atoms with Crippen LogP contribution in [0.3, 0.4) is 0 Å². The molecule has 0 saturated heterocycles. The first-order valence-electron chi connectivity index (χ1n) is 10.7. The minimum absolute atomic E-state index is 0.0174. The Bertz CT molecular complexity index is 1080. The minimum atomic E-state index is -0.455. The van der Waals surface area contributed by atoms with Crippen LogP contribution >= 0.6 is 0 Å². The number of nitrogens with two attached hydrogens (primary N) is 1. The number of carbonyl (C=O) groups excluding carboxylic acids is 2. The van der Waals surface area contributed by atoms with E-state index in [2.05, 4.69) is 16.7 Å². The predicted molar refractivity (Wildman–Crippen MR) is 120 cm³/mol. The molecular formula is C25H29N3O2. The van der Waals surface area contributed by atoms with Crippen molar-refractivity contribution in [1.29, 1.82) is 0 Å². The second-order valence-corrected chi connectivity index (χ2v) is 8.43. The number of likely N-dealkylation sites (N-methyl/N-ethyl adjacent to an activating group) is 1. The lowest BCUT2D eigenvalue weighted by Crippen LogP contribution is -2.26. The number of carbonyl (C=O) groups is 2. The van der Waals surface area contributed by atoms with E-state index in [1.807, 2.05) is 36.4 Å². The van der Waals surface area contributed by atoms with Gasteiger partial charge in [0, 0.05) is 25.0 Å². The SMILES string of the molecule is CN(C)C(=O)Cn1c(-c2ccccc2)c(C2CCCCC2)c2ccc(C(N)=O)cc21. The van der Waals surface area contributed by atoms with Crippen molar-refractivity contribution in [3.63, 3.8) is 0 Å². The van der Waals surface area contributed by atoms with Gasteiger partial charge in [-0.3, -0.25) is 9.59 Å². The number of hydrogen-bond donors (Lipinski definition) is 1. The van der Waals surface area contributed by atoms with Crippen LogP contribution in [0.1, 0.15) is 53.9 Å². The maximum absolute atomic E-state index is 12.8. The van der Waals surface area contributed by atoms with Crippen molar-refractivity contribution in [3.05, 3.63) is 59.7 Å². The second kappa shape index (κ2) is 8.34. The van der Waals surface area contributed by atoms with Crippen molar-refractivity contribution in [2.24, 2.45) is 5.73 Å². The van der Waals surface area contributed by atoms with E-state index in [9.17, 15) is 9.59 Å². The van der Waals surface area contributed by atoms with Crippen LogP contribution < -0.4 is 5.73 Å². The summed E-state index contributed by atoms with van der Waals surface area (Å²) in [5.41, 5.74) is 10.4. The molecular weight excluding hydrogens is 374 g/mol. The highest BCUT2D eigenvalue weighted by Crippen LogP contribution is 2.44. The van der Waals surface area contributed by atoms with Crippen LogP contribution in [0.4, 0.5) is 0 Å². The molecule has 30 heavy (non-hydrogen) atoms. The van der Waals surface area contributed by atoms with Crippen LogP contribution in [0.15, 0.2) is 48.5 Å². The van der Waals surface area contributed by atoms with E-state index in [1.54, 1.807) is 19.0 Å². The molecule has 1 aliphatic rings. The number of rotatable bonds is 5. The van der Waals surface area contributed by atoms with Gasteiger partial charge in [0.05, 0.1) is 11.2 Å². The van der Waals surface area contributed by atoms with Crippen molar-refractivity contribution in [2.45, 2.75) is 44.6 Å². The summed E-state index contributed by atoms with van der Waals surface area (Å²) in [5.74, 6) is 0.0133. The second-order valence-electron chi connectivity index (χ2n) is 8.43. The third kappa shape index (κ3) is 3.72. The molecule has 2 N–H and O–H groups in total. The Morgan fingerprint density at radius 1 is 1.03 bits per heavy atom. The summed E-state index contributed by atoms with van der Waals surface area (Å²) in [4.78, 5) is 26.3. The van der Waals surface area contributed by atoms with Gasteiger partial charge in [-0.2, -0.15) is 0 Å². The number of nitrogens with zero attached hydrogens (tertiary/aromatic N) is 2. The van der Waals surface area contributed by atoms with E-state index >= 15 is 0 Å². The number of aromatic nitrogens is 1. The summed E-state index contributed by atoms with van der Waals surface area (Å²) in [6.07, 6.45) is 6.03. The first-order valence-corrected chi connectivity index (χ1v) is 10.7. The molecule has 2 amide bonds. The van der Waals surface area contributed by atoms with Gasteiger partial charge in [0.25, 0.3) is 0 Å². The zero-order valence-electron chi connectivity index (χ0n) is 17.7. The summed E-state index contributed by atoms with van der Waals surface area (Å²) in [5, 5.41) is 1.12. The molecule has 1 aliphatic carbocycles.